The van der Waals surface area contributed by atoms with Gasteiger partial charge in [0.05, 0.1) is 0 Å². The van der Waals surface area contributed by atoms with Gasteiger partial charge in [-0.15, -0.1) is 0 Å². The van der Waals surface area contributed by atoms with Crippen molar-refractivity contribution in [2.75, 3.05) is 0 Å². The normalized spacial score (nSPS) is 19.1. The van der Waals surface area contributed by atoms with Gasteiger partial charge >= 0.3 is 4.87 Å². The highest BCUT2D eigenvalue weighted by atomic mass is 32.2. The molecule has 1 saturated carbocycles. The Morgan fingerprint density at radius 1 is 1.47 bits per heavy atom. The number of sulfonamides is 1. The van der Waals surface area contributed by atoms with Crippen molar-refractivity contribution in [2.24, 2.45) is 0 Å². The topological polar surface area (TPSA) is 79.0 Å². The molecule has 0 aliphatic heterocycles. The standard InChI is InChI=1S/C8H12N2O3S2/c1-5-6(14-7(11)9-5)15(12,13)10-8(2)3-4-8/h10H,3-4H2,1-2H3,(H,9,11). The fourth-order valence-electron chi connectivity index (χ4n) is 1.31. The minimum atomic E-state index is -3.53. The van der Waals surface area contributed by atoms with Crippen molar-refractivity contribution in [2.45, 2.75) is 36.4 Å². The van der Waals surface area contributed by atoms with E-state index in [1.54, 1.807) is 6.92 Å². The Labute approximate surface area is 91.6 Å². The molecule has 0 aromatic carbocycles. The average Bonchev–Trinajstić information content (AvgIpc) is 2.65. The van der Waals surface area contributed by atoms with Gasteiger partial charge in [0.2, 0.25) is 0 Å². The number of rotatable bonds is 3. The molecule has 1 aliphatic rings. The first kappa shape index (κ1) is 10.8. The molecular weight excluding hydrogens is 236 g/mol. The van der Waals surface area contributed by atoms with E-state index in [4.69, 9.17) is 0 Å². The number of aryl methyl sites for hydroxylation is 1. The van der Waals surface area contributed by atoms with Crippen LogP contribution in [0.5, 0.6) is 0 Å². The largest absolute Gasteiger partial charge is 0.315 e. The maximum absolute atomic E-state index is 11.9. The van der Waals surface area contributed by atoms with Gasteiger partial charge in [0.25, 0.3) is 10.0 Å². The molecule has 15 heavy (non-hydrogen) atoms. The van der Waals surface area contributed by atoms with Gasteiger partial charge in [0.15, 0.2) is 4.21 Å². The van der Waals surface area contributed by atoms with Crippen LogP contribution in [0.1, 0.15) is 25.5 Å². The van der Waals surface area contributed by atoms with Gasteiger partial charge in [0.1, 0.15) is 0 Å². The lowest BCUT2D eigenvalue weighted by Gasteiger charge is -2.10. The second-order valence-electron chi connectivity index (χ2n) is 4.09. The first-order valence-electron chi connectivity index (χ1n) is 4.56. The highest BCUT2D eigenvalue weighted by molar-refractivity contribution is 7.91. The maximum Gasteiger partial charge on any atom is 0.305 e. The number of nitrogens with one attached hydrogen (secondary N) is 2. The molecule has 0 amide bonds. The van der Waals surface area contributed by atoms with Crippen molar-refractivity contribution in [1.29, 1.82) is 0 Å². The predicted molar refractivity (Wildman–Crippen MR) is 57.6 cm³/mol. The Morgan fingerprint density at radius 2 is 2.07 bits per heavy atom. The summed E-state index contributed by atoms with van der Waals surface area (Å²) in [6.45, 7) is 3.44. The summed E-state index contributed by atoms with van der Waals surface area (Å²) < 4.78 is 26.4. The molecule has 7 heteroatoms. The molecule has 1 aromatic rings. The Hall–Kier alpha value is -0.660. The zero-order chi connectivity index (χ0) is 11.3. The van der Waals surface area contributed by atoms with Gasteiger partial charge in [-0.1, -0.05) is 11.3 Å². The molecule has 0 saturated heterocycles. The summed E-state index contributed by atoms with van der Waals surface area (Å²) in [7, 11) is -3.53. The molecular formula is C8H12N2O3S2. The summed E-state index contributed by atoms with van der Waals surface area (Å²) >= 11 is 0.728. The highest BCUT2D eigenvalue weighted by Crippen LogP contribution is 2.36. The van der Waals surface area contributed by atoms with E-state index in [1.807, 2.05) is 6.92 Å². The van der Waals surface area contributed by atoms with Crippen LogP contribution in [0.15, 0.2) is 9.00 Å². The monoisotopic (exact) mass is 248 g/mol. The number of hydrogen-bond acceptors (Lipinski definition) is 4. The minimum Gasteiger partial charge on any atom is -0.315 e. The molecule has 1 fully saturated rings. The van der Waals surface area contributed by atoms with E-state index in [0.717, 1.165) is 24.2 Å². The van der Waals surface area contributed by atoms with Crippen molar-refractivity contribution < 1.29 is 8.42 Å². The molecule has 0 bridgehead atoms. The third-order valence-corrected chi connectivity index (χ3v) is 5.65. The van der Waals surface area contributed by atoms with Crippen molar-refractivity contribution in [3.8, 4) is 0 Å². The molecule has 84 valence electrons. The molecule has 1 aliphatic carbocycles. The molecule has 2 rings (SSSR count). The van der Waals surface area contributed by atoms with Crippen LogP contribution >= 0.6 is 11.3 Å². The fraction of sp³-hybridized carbons (Fsp3) is 0.625. The van der Waals surface area contributed by atoms with Crippen LogP contribution in [-0.2, 0) is 10.0 Å². The molecule has 5 nitrogen and oxygen atoms in total. The van der Waals surface area contributed by atoms with Crippen LogP contribution in [0.2, 0.25) is 0 Å². The lowest BCUT2D eigenvalue weighted by Crippen LogP contribution is -2.34. The van der Waals surface area contributed by atoms with E-state index in [9.17, 15) is 13.2 Å². The number of H-pyrrole nitrogens is 1. The Kier molecular flexibility index (Phi) is 2.29. The van der Waals surface area contributed by atoms with Crippen molar-refractivity contribution in [3.63, 3.8) is 0 Å². The second-order valence-corrected chi connectivity index (χ2v) is 6.95. The van der Waals surface area contributed by atoms with E-state index in [-0.39, 0.29) is 14.6 Å². The van der Waals surface area contributed by atoms with Gasteiger partial charge in [-0.05, 0) is 26.7 Å². The molecule has 0 spiro atoms. The first-order chi connectivity index (χ1) is 6.82. The SMILES string of the molecule is Cc1[nH]c(=O)sc1S(=O)(=O)NC1(C)CC1. The van der Waals surface area contributed by atoms with Crippen molar-refractivity contribution >= 4 is 21.4 Å². The number of thiazole rings is 1. The van der Waals surface area contributed by atoms with Crippen LogP contribution < -0.4 is 9.60 Å². The summed E-state index contributed by atoms with van der Waals surface area (Å²) in [6.07, 6.45) is 1.70. The van der Waals surface area contributed by atoms with Crippen molar-refractivity contribution in [3.05, 3.63) is 15.4 Å². The predicted octanol–water partition coefficient (Wildman–Crippen LogP) is 0.576. The minimum absolute atomic E-state index is 0.0978. The first-order valence-corrected chi connectivity index (χ1v) is 6.86. The van der Waals surface area contributed by atoms with E-state index in [0.29, 0.717) is 5.69 Å². The van der Waals surface area contributed by atoms with Crippen LogP contribution in [0.25, 0.3) is 0 Å². The van der Waals surface area contributed by atoms with Crippen LogP contribution in [0.4, 0.5) is 0 Å². The highest BCUT2D eigenvalue weighted by Gasteiger charge is 2.42. The Balaban J connectivity index is 2.37. The summed E-state index contributed by atoms with van der Waals surface area (Å²) in [6, 6.07) is 0. The van der Waals surface area contributed by atoms with E-state index < -0.39 is 10.0 Å². The number of aromatic nitrogens is 1. The summed E-state index contributed by atoms with van der Waals surface area (Å²) in [5.74, 6) is 0. The smallest absolute Gasteiger partial charge is 0.305 e. The molecule has 1 heterocycles. The van der Waals surface area contributed by atoms with E-state index >= 15 is 0 Å². The zero-order valence-corrected chi connectivity index (χ0v) is 10.1. The molecule has 2 N–H and O–H groups in total. The van der Waals surface area contributed by atoms with Crippen LogP contribution in [0, 0.1) is 6.92 Å². The Bertz CT molecular complexity index is 536. The quantitative estimate of drug-likeness (QED) is 0.821. The lowest BCUT2D eigenvalue weighted by molar-refractivity contribution is 0.559. The molecule has 0 radical (unpaired) electrons. The van der Waals surface area contributed by atoms with E-state index in [1.165, 1.54) is 0 Å². The number of aromatic amines is 1. The van der Waals surface area contributed by atoms with Gasteiger partial charge in [-0.3, -0.25) is 4.79 Å². The lowest BCUT2D eigenvalue weighted by atomic mass is 10.4. The molecule has 1 aromatic heterocycles. The zero-order valence-electron chi connectivity index (χ0n) is 8.46. The summed E-state index contributed by atoms with van der Waals surface area (Å²) in [5.41, 5.74) is 0.0972. The van der Waals surface area contributed by atoms with Gasteiger partial charge in [-0.25, -0.2) is 13.1 Å². The van der Waals surface area contributed by atoms with Crippen molar-refractivity contribution in [1.82, 2.24) is 9.71 Å². The maximum atomic E-state index is 11.9. The van der Waals surface area contributed by atoms with Gasteiger partial charge in [0, 0.05) is 11.2 Å². The summed E-state index contributed by atoms with van der Waals surface area (Å²) in [4.78, 5) is 13.1. The second kappa shape index (κ2) is 3.16. The molecule has 0 unspecified atom stereocenters. The average molecular weight is 248 g/mol. The fourth-order valence-corrected chi connectivity index (χ4v) is 4.07. The van der Waals surface area contributed by atoms with Crippen LogP contribution in [-0.4, -0.2) is 18.9 Å². The summed E-state index contributed by atoms with van der Waals surface area (Å²) in [5, 5.41) is 0. The van der Waals surface area contributed by atoms with E-state index in [2.05, 4.69) is 9.71 Å². The van der Waals surface area contributed by atoms with Gasteiger partial charge in [-0.2, -0.15) is 0 Å². The Morgan fingerprint density at radius 3 is 2.47 bits per heavy atom. The van der Waals surface area contributed by atoms with Gasteiger partial charge < -0.3 is 4.98 Å². The third-order valence-electron chi connectivity index (χ3n) is 2.41. The third kappa shape index (κ3) is 2.14. The van der Waals surface area contributed by atoms with Crippen LogP contribution in [0.3, 0.4) is 0 Å². The number of hydrogen-bond donors (Lipinski definition) is 2. The molecule has 0 atom stereocenters.